The summed E-state index contributed by atoms with van der Waals surface area (Å²) in [6.07, 6.45) is 3.37. The molecule has 126 valence electrons. The highest BCUT2D eigenvalue weighted by Crippen LogP contribution is 2.35. The Morgan fingerprint density at radius 2 is 1.84 bits per heavy atom. The second-order valence-corrected chi connectivity index (χ2v) is 5.96. The van der Waals surface area contributed by atoms with Crippen LogP contribution in [0.2, 0.25) is 0 Å². The van der Waals surface area contributed by atoms with E-state index in [4.69, 9.17) is 0 Å². The molecule has 0 unspecified atom stereocenters. The van der Waals surface area contributed by atoms with Gasteiger partial charge in [0.1, 0.15) is 0 Å². The van der Waals surface area contributed by atoms with Crippen molar-refractivity contribution in [1.29, 1.82) is 0 Å². The normalized spacial score (nSPS) is 19.9. The van der Waals surface area contributed by atoms with E-state index in [1.165, 1.54) is 0 Å². The average molecular weight is 336 g/mol. The molecule has 4 rings (SSSR count). The van der Waals surface area contributed by atoms with Gasteiger partial charge < -0.3 is 10.0 Å². The number of carboxylic acid groups (broad SMARTS) is 1. The number of hydrogen-bond acceptors (Lipinski definition) is 6. The minimum Gasteiger partial charge on any atom is -0.481 e. The van der Waals surface area contributed by atoms with E-state index in [1.54, 1.807) is 17.1 Å². The van der Waals surface area contributed by atoms with Crippen molar-refractivity contribution in [3.8, 4) is 5.69 Å². The lowest BCUT2D eigenvalue weighted by molar-refractivity contribution is -0.141. The minimum absolute atomic E-state index is 0.138. The van der Waals surface area contributed by atoms with E-state index in [0.29, 0.717) is 19.0 Å². The third-order valence-electron chi connectivity index (χ3n) is 4.51. The van der Waals surface area contributed by atoms with E-state index in [1.807, 2.05) is 47.4 Å². The van der Waals surface area contributed by atoms with E-state index >= 15 is 0 Å². The van der Waals surface area contributed by atoms with Crippen LogP contribution in [0.15, 0.2) is 54.9 Å². The SMILES string of the molecule is O=C(O)[C@@H]1CN(c2nnnn2-c2ccccc2)C[C@H]1c1ccncc1. The van der Waals surface area contributed by atoms with Crippen LogP contribution < -0.4 is 4.90 Å². The first-order chi connectivity index (χ1) is 12.2. The van der Waals surface area contributed by atoms with Crippen LogP contribution in [-0.4, -0.2) is 49.4 Å². The van der Waals surface area contributed by atoms with E-state index in [-0.39, 0.29) is 5.92 Å². The van der Waals surface area contributed by atoms with Crippen molar-refractivity contribution in [2.24, 2.45) is 5.92 Å². The number of para-hydroxylation sites is 1. The van der Waals surface area contributed by atoms with Crippen LogP contribution in [0.4, 0.5) is 5.95 Å². The lowest BCUT2D eigenvalue weighted by Crippen LogP contribution is -2.25. The molecule has 3 heterocycles. The van der Waals surface area contributed by atoms with Gasteiger partial charge in [0, 0.05) is 31.4 Å². The summed E-state index contributed by atoms with van der Waals surface area (Å²) in [5.41, 5.74) is 1.80. The van der Waals surface area contributed by atoms with Crippen molar-refractivity contribution in [3.05, 3.63) is 60.4 Å². The largest absolute Gasteiger partial charge is 0.481 e. The van der Waals surface area contributed by atoms with Gasteiger partial charge in [-0.15, -0.1) is 0 Å². The van der Waals surface area contributed by atoms with Crippen molar-refractivity contribution >= 4 is 11.9 Å². The lowest BCUT2D eigenvalue weighted by Gasteiger charge is -2.17. The van der Waals surface area contributed by atoms with Gasteiger partial charge in [0.05, 0.1) is 11.6 Å². The highest BCUT2D eigenvalue weighted by molar-refractivity contribution is 5.73. The van der Waals surface area contributed by atoms with Crippen molar-refractivity contribution in [3.63, 3.8) is 0 Å². The minimum atomic E-state index is -0.817. The van der Waals surface area contributed by atoms with Gasteiger partial charge in [-0.1, -0.05) is 23.3 Å². The first kappa shape index (κ1) is 15.3. The molecule has 0 bridgehead atoms. The Labute approximate surface area is 143 Å². The molecule has 2 aromatic heterocycles. The zero-order valence-corrected chi connectivity index (χ0v) is 13.3. The molecule has 1 aliphatic rings. The molecule has 0 radical (unpaired) electrons. The first-order valence-electron chi connectivity index (χ1n) is 7.95. The molecule has 1 N–H and O–H groups in total. The van der Waals surface area contributed by atoms with Crippen LogP contribution in [0.5, 0.6) is 0 Å². The van der Waals surface area contributed by atoms with Crippen molar-refractivity contribution in [1.82, 2.24) is 25.2 Å². The number of benzene rings is 1. The number of aliphatic carboxylic acids is 1. The summed E-state index contributed by atoms with van der Waals surface area (Å²) in [7, 11) is 0. The Balaban J connectivity index is 1.67. The van der Waals surface area contributed by atoms with Crippen LogP contribution >= 0.6 is 0 Å². The van der Waals surface area contributed by atoms with Crippen LogP contribution in [0.3, 0.4) is 0 Å². The Bertz CT molecular complexity index is 867. The Morgan fingerprint density at radius 3 is 2.56 bits per heavy atom. The molecular weight excluding hydrogens is 320 g/mol. The Morgan fingerprint density at radius 1 is 1.08 bits per heavy atom. The number of nitrogens with zero attached hydrogens (tertiary/aromatic N) is 6. The fourth-order valence-electron chi connectivity index (χ4n) is 3.28. The monoisotopic (exact) mass is 336 g/mol. The highest BCUT2D eigenvalue weighted by Gasteiger charge is 2.40. The molecule has 0 aliphatic carbocycles. The fraction of sp³-hybridized carbons (Fsp3) is 0.235. The number of tetrazole rings is 1. The molecule has 8 nitrogen and oxygen atoms in total. The molecule has 0 saturated carbocycles. The molecule has 1 fully saturated rings. The topological polar surface area (TPSA) is 97.0 Å². The van der Waals surface area contributed by atoms with Crippen LogP contribution in [0.25, 0.3) is 5.69 Å². The standard InChI is InChI=1S/C17H16N6O2/c24-16(25)15-11-22(10-14(15)12-6-8-18-9-7-12)17-19-20-21-23(17)13-4-2-1-3-5-13/h1-9,14-15H,10-11H2,(H,24,25)/t14-,15+/m0/s1. The quantitative estimate of drug-likeness (QED) is 0.768. The summed E-state index contributed by atoms with van der Waals surface area (Å²) < 4.78 is 1.63. The third-order valence-corrected chi connectivity index (χ3v) is 4.51. The van der Waals surface area contributed by atoms with E-state index in [0.717, 1.165) is 11.3 Å². The predicted molar refractivity (Wildman–Crippen MR) is 89.5 cm³/mol. The zero-order valence-electron chi connectivity index (χ0n) is 13.3. The average Bonchev–Trinajstić information content (AvgIpc) is 3.30. The maximum atomic E-state index is 11.8. The van der Waals surface area contributed by atoms with Gasteiger partial charge >= 0.3 is 5.97 Å². The molecule has 0 spiro atoms. The maximum Gasteiger partial charge on any atom is 0.308 e. The summed E-state index contributed by atoms with van der Waals surface area (Å²) in [6.45, 7) is 0.893. The zero-order chi connectivity index (χ0) is 17.2. The van der Waals surface area contributed by atoms with Crippen LogP contribution in [0, 0.1) is 5.92 Å². The molecule has 0 amide bonds. The van der Waals surface area contributed by atoms with Crippen molar-refractivity contribution in [2.45, 2.75) is 5.92 Å². The number of hydrogen-bond donors (Lipinski definition) is 1. The summed E-state index contributed by atoms with van der Waals surface area (Å²) >= 11 is 0. The predicted octanol–water partition coefficient (Wildman–Crippen LogP) is 1.36. The molecule has 2 atom stereocenters. The number of aromatic nitrogens is 5. The second kappa shape index (κ2) is 6.31. The van der Waals surface area contributed by atoms with Crippen molar-refractivity contribution < 1.29 is 9.90 Å². The summed E-state index contributed by atoms with van der Waals surface area (Å²) in [5.74, 6) is -0.929. The number of pyridine rings is 1. The molecule has 25 heavy (non-hydrogen) atoms. The number of carboxylic acids is 1. The second-order valence-electron chi connectivity index (χ2n) is 5.96. The summed E-state index contributed by atoms with van der Waals surface area (Å²) in [5, 5.41) is 21.6. The Kier molecular flexibility index (Phi) is 3.85. The Hall–Kier alpha value is -3.29. The summed E-state index contributed by atoms with van der Waals surface area (Å²) in [4.78, 5) is 17.7. The van der Waals surface area contributed by atoms with E-state index < -0.39 is 11.9 Å². The van der Waals surface area contributed by atoms with Gasteiger partial charge in [0.2, 0.25) is 5.95 Å². The molecule has 1 aliphatic heterocycles. The highest BCUT2D eigenvalue weighted by atomic mass is 16.4. The number of anilines is 1. The summed E-state index contributed by atoms with van der Waals surface area (Å²) in [6, 6.07) is 13.3. The van der Waals surface area contributed by atoms with Crippen LogP contribution in [-0.2, 0) is 4.79 Å². The third kappa shape index (κ3) is 2.82. The lowest BCUT2D eigenvalue weighted by atomic mass is 9.90. The van der Waals surface area contributed by atoms with E-state index in [9.17, 15) is 9.90 Å². The van der Waals surface area contributed by atoms with Gasteiger partial charge in [-0.05, 0) is 40.3 Å². The number of carbonyl (C=O) groups is 1. The van der Waals surface area contributed by atoms with Crippen LogP contribution in [0.1, 0.15) is 11.5 Å². The fourth-order valence-corrected chi connectivity index (χ4v) is 3.28. The molecule has 1 saturated heterocycles. The molecule has 1 aromatic carbocycles. The number of rotatable bonds is 4. The van der Waals surface area contributed by atoms with Gasteiger partial charge in [0.25, 0.3) is 0 Å². The van der Waals surface area contributed by atoms with Gasteiger partial charge in [0.15, 0.2) is 0 Å². The maximum absolute atomic E-state index is 11.8. The van der Waals surface area contributed by atoms with E-state index in [2.05, 4.69) is 20.5 Å². The first-order valence-corrected chi connectivity index (χ1v) is 7.95. The molecular formula is C17H16N6O2. The van der Waals surface area contributed by atoms with Gasteiger partial charge in [-0.3, -0.25) is 9.78 Å². The van der Waals surface area contributed by atoms with Gasteiger partial charge in [-0.2, -0.15) is 4.68 Å². The molecule has 3 aromatic rings. The molecule has 8 heteroatoms. The van der Waals surface area contributed by atoms with Gasteiger partial charge in [-0.25, -0.2) is 0 Å². The smallest absolute Gasteiger partial charge is 0.308 e. The van der Waals surface area contributed by atoms with Crippen molar-refractivity contribution in [2.75, 3.05) is 18.0 Å².